The van der Waals surface area contributed by atoms with E-state index in [9.17, 15) is 17.6 Å². The van der Waals surface area contributed by atoms with E-state index in [0.29, 0.717) is 0 Å². The summed E-state index contributed by atoms with van der Waals surface area (Å²) in [5.41, 5.74) is 0. The van der Waals surface area contributed by atoms with Gasteiger partial charge in [-0.05, 0) is 0 Å². The van der Waals surface area contributed by atoms with Crippen LogP contribution in [0, 0.1) is 0 Å². The average molecular weight is 186 g/mol. The zero-order valence-corrected chi connectivity index (χ0v) is 7.34. The SMILES string of the molecule is CCC(F)(F)CCC(F)(F)CC. The molecular weight excluding hydrogens is 172 g/mol. The van der Waals surface area contributed by atoms with Gasteiger partial charge in [-0.3, -0.25) is 0 Å². The quantitative estimate of drug-likeness (QED) is 0.572. The van der Waals surface area contributed by atoms with Crippen molar-refractivity contribution in [1.29, 1.82) is 0 Å². The second-order valence-corrected chi connectivity index (χ2v) is 2.92. The molecule has 4 heteroatoms. The van der Waals surface area contributed by atoms with Crippen molar-refractivity contribution >= 4 is 0 Å². The zero-order chi connectivity index (χ0) is 9.83. The van der Waals surface area contributed by atoms with Crippen LogP contribution in [0.5, 0.6) is 0 Å². The summed E-state index contributed by atoms with van der Waals surface area (Å²) in [7, 11) is 0. The Morgan fingerprint density at radius 3 is 1.17 bits per heavy atom. The molecule has 0 unspecified atom stereocenters. The van der Waals surface area contributed by atoms with E-state index < -0.39 is 24.7 Å². The molecule has 0 aromatic heterocycles. The maximum Gasteiger partial charge on any atom is 0.248 e. The van der Waals surface area contributed by atoms with Crippen molar-refractivity contribution in [3.8, 4) is 0 Å². The molecule has 0 saturated carbocycles. The van der Waals surface area contributed by atoms with Crippen molar-refractivity contribution in [1.82, 2.24) is 0 Å². The first-order chi connectivity index (χ1) is 5.33. The monoisotopic (exact) mass is 186 g/mol. The van der Waals surface area contributed by atoms with E-state index in [4.69, 9.17) is 0 Å². The molecule has 12 heavy (non-hydrogen) atoms. The minimum atomic E-state index is -2.93. The van der Waals surface area contributed by atoms with Gasteiger partial charge < -0.3 is 0 Å². The molecule has 0 nitrogen and oxygen atoms in total. The molecule has 0 aliphatic rings. The molecule has 0 amide bonds. The van der Waals surface area contributed by atoms with Crippen LogP contribution < -0.4 is 0 Å². The molecular formula is C8H14F4. The zero-order valence-electron chi connectivity index (χ0n) is 7.34. The van der Waals surface area contributed by atoms with Crippen molar-refractivity contribution < 1.29 is 17.6 Å². The van der Waals surface area contributed by atoms with Crippen LogP contribution in [0.2, 0.25) is 0 Å². The first kappa shape index (κ1) is 11.7. The van der Waals surface area contributed by atoms with Gasteiger partial charge in [0, 0.05) is 25.7 Å². The van der Waals surface area contributed by atoms with Crippen LogP contribution in [0.1, 0.15) is 39.5 Å². The molecule has 0 aliphatic carbocycles. The van der Waals surface area contributed by atoms with Gasteiger partial charge >= 0.3 is 0 Å². The largest absolute Gasteiger partial charge is 0.248 e. The predicted molar refractivity (Wildman–Crippen MR) is 39.7 cm³/mol. The van der Waals surface area contributed by atoms with Crippen molar-refractivity contribution in [3.05, 3.63) is 0 Å². The number of halogens is 4. The summed E-state index contributed by atoms with van der Waals surface area (Å²) < 4.78 is 49.9. The molecule has 0 bridgehead atoms. The average Bonchev–Trinajstić information content (AvgIpc) is 2.02. The molecule has 0 atom stereocenters. The minimum Gasteiger partial charge on any atom is -0.207 e. The van der Waals surface area contributed by atoms with Crippen LogP contribution in [0.15, 0.2) is 0 Å². The van der Waals surface area contributed by atoms with Crippen molar-refractivity contribution in [3.63, 3.8) is 0 Å². The fourth-order valence-electron chi connectivity index (χ4n) is 0.719. The molecule has 0 rings (SSSR count). The highest BCUT2D eigenvalue weighted by Gasteiger charge is 2.33. The standard InChI is InChI=1S/C8H14F4/c1-3-7(9,10)5-6-8(11,12)4-2/h3-6H2,1-2H3. The summed E-state index contributed by atoms with van der Waals surface area (Å²) in [6, 6.07) is 0. The van der Waals surface area contributed by atoms with Gasteiger partial charge in [0.25, 0.3) is 0 Å². The molecule has 0 spiro atoms. The molecule has 0 saturated heterocycles. The molecule has 0 aliphatic heterocycles. The van der Waals surface area contributed by atoms with Gasteiger partial charge in [0.1, 0.15) is 0 Å². The van der Waals surface area contributed by atoms with E-state index in [1.807, 2.05) is 0 Å². The lowest BCUT2D eigenvalue weighted by Gasteiger charge is -2.18. The third kappa shape index (κ3) is 4.57. The second-order valence-electron chi connectivity index (χ2n) is 2.92. The Bertz CT molecular complexity index is 115. The number of hydrogen-bond donors (Lipinski definition) is 0. The maximum absolute atomic E-state index is 12.5. The lowest BCUT2D eigenvalue weighted by Crippen LogP contribution is -2.21. The lowest BCUT2D eigenvalue weighted by atomic mass is 10.1. The molecule has 0 aromatic rings. The van der Waals surface area contributed by atoms with Gasteiger partial charge in [0.2, 0.25) is 11.8 Å². The van der Waals surface area contributed by atoms with E-state index in [0.717, 1.165) is 0 Å². The molecule has 0 fully saturated rings. The van der Waals surface area contributed by atoms with Gasteiger partial charge in [-0.1, -0.05) is 13.8 Å². The highest BCUT2D eigenvalue weighted by Crippen LogP contribution is 2.31. The fraction of sp³-hybridized carbons (Fsp3) is 1.00. The Morgan fingerprint density at radius 1 is 0.750 bits per heavy atom. The van der Waals surface area contributed by atoms with Gasteiger partial charge in [-0.25, -0.2) is 17.6 Å². The second kappa shape index (κ2) is 4.10. The predicted octanol–water partition coefficient (Wildman–Crippen LogP) is 3.86. The minimum absolute atomic E-state index is 0.368. The summed E-state index contributed by atoms with van der Waals surface area (Å²) in [6.07, 6.45) is -2.17. The lowest BCUT2D eigenvalue weighted by molar-refractivity contribution is -0.0659. The Morgan fingerprint density at radius 2 is 1.00 bits per heavy atom. The summed E-state index contributed by atoms with van der Waals surface area (Å²) in [5.74, 6) is -5.86. The summed E-state index contributed by atoms with van der Waals surface area (Å²) in [4.78, 5) is 0. The highest BCUT2D eigenvalue weighted by atomic mass is 19.3. The number of hydrogen-bond acceptors (Lipinski definition) is 0. The van der Waals surface area contributed by atoms with Crippen LogP contribution in [0.4, 0.5) is 17.6 Å². The summed E-state index contributed by atoms with van der Waals surface area (Å²) in [5, 5.41) is 0. The normalized spacial score (nSPS) is 13.5. The van der Waals surface area contributed by atoms with Crippen LogP contribution >= 0.6 is 0 Å². The molecule has 0 N–H and O–H groups in total. The molecule has 0 radical (unpaired) electrons. The molecule has 74 valence electrons. The number of alkyl halides is 4. The first-order valence-corrected chi connectivity index (χ1v) is 4.08. The Hall–Kier alpha value is -0.280. The maximum atomic E-state index is 12.5. The molecule has 0 heterocycles. The van der Waals surface area contributed by atoms with E-state index in [-0.39, 0.29) is 12.8 Å². The Kier molecular flexibility index (Phi) is 4.00. The highest BCUT2D eigenvalue weighted by molar-refractivity contribution is 4.70. The van der Waals surface area contributed by atoms with E-state index in [1.54, 1.807) is 0 Å². The smallest absolute Gasteiger partial charge is 0.207 e. The van der Waals surface area contributed by atoms with Gasteiger partial charge in [-0.2, -0.15) is 0 Å². The van der Waals surface area contributed by atoms with E-state index >= 15 is 0 Å². The van der Waals surface area contributed by atoms with Gasteiger partial charge in [0.15, 0.2) is 0 Å². The summed E-state index contributed by atoms with van der Waals surface area (Å²) >= 11 is 0. The van der Waals surface area contributed by atoms with Crippen molar-refractivity contribution in [2.24, 2.45) is 0 Å². The first-order valence-electron chi connectivity index (χ1n) is 4.08. The van der Waals surface area contributed by atoms with Crippen LogP contribution in [-0.2, 0) is 0 Å². The van der Waals surface area contributed by atoms with E-state index in [1.165, 1.54) is 13.8 Å². The molecule has 0 aromatic carbocycles. The third-order valence-corrected chi connectivity index (χ3v) is 1.89. The van der Waals surface area contributed by atoms with Crippen LogP contribution in [0.25, 0.3) is 0 Å². The van der Waals surface area contributed by atoms with Gasteiger partial charge in [0.05, 0.1) is 0 Å². The third-order valence-electron chi connectivity index (χ3n) is 1.89. The van der Waals surface area contributed by atoms with Crippen LogP contribution in [-0.4, -0.2) is 11.8 Å². The van der Waals surface area contributed by atoms with E-state index in [2.05, 4.69) is 0 Å². The summed E-state index contributed by atoms with van der Waals surface area (Å²) in [6.45, 7) is 2.59. The van der Waals surface area contributed by atoms with Crippen LogP contribution in [0.3, 0.4) is 0 Å². The topological polar surface area (TPSA) is 0 Å². The Balaban J connectivity index is 3.82. The number of rotatable bonds is 5. The van der Waals surface area contributed by atoms with Crippen molar-refractivity contribution in [2.45, 2.75) is 51.4 Å². The van der Waals surface area contributed by atoms with Crippen molar-refractivity contribution in [2.75, 3.05) is 0 Å². The van der Waals surface area contributed by atoms with Gasteiger partial charge in [-0.15, -0.1) is 0 Å². The Labute approximate surface area is 70.0 Å². The fourth-order valence-corrected chi connectivity index (χ4v) is 0.719.